The Morgan fingerprint density at radius 2 is 2.17 bits per heavy atom. The number of aromatic nitrogens is 1. The van der Waals surface area contributed by atoms with Crippen LogP contribution in [0, 0.1) is 5.41 Å². The quantitative estimate of drug-likeness (QED) is 0.941. The molecule has 4 rings (SSSR count). The molecule has 1 amide bonds. The third-order valence-corrected chi connectivity index (χ3v) is 5.17. The molecule has 5 nitrogen and oxygen atoms in total. The Bertz CT molecular complexity index is 771. The number of rotatable bonds is 3. The minimum atomic E-state index is -0.394. The summed E-state index contributed by atoms with van der Waals surface area (Å²) in [7, 11) is 1.61. The number of carbonyl (C=O) groups excluding carboxylic acids is 1. The Balaban J connectivity index is 1.65. The molecule has 2 aliphatic rings. The van der Waals surface area contributed by atoms with Crippen molar-refractivity contribution in [1.82, 2.24) is 9.88 Å². The lowest BCUT2D eigenvalue weighted by Crippen LogP contribution is -2.29. The summed E-state index contributed by atoms with van der Waals surface area (Å²) in [6.07, 6.45) is 3.35. The van der Waals surface area contributed by atoms with Gasteiger partial charge in [-0.15, -0.1) is 0 Å². The number of aliphatic hydroxyl groups is 1. The maximum Gasteiger partial charge on any atom is 0.253 e. The first-order chi connectivity index (χ1) is 11.6. The van der Waals surface area contributed by atoms with Gasteiger partial charge < -0.3 is 14.7 Å². The zero-order valence-electron chi connectivity index (χ0n) is 13.6. The summed E-state index contributed by atoms with van der Waals surface area (Å²) in [5.41, 5.74) is 2.13. The average molecular weight is 324 g/mol. The van der Waals surface area contributed by atoms with Crippen LogP contribution >= 0.6 is 0 Å². The highest BCUT2D eigenvalue weighted by Crippen LogP contribution is 2.52. The van der Waals surface area contributed by atoms with Crippen molar-refractivity contribution in [2.75, 3.05) is 20.2 Å². The zero-order valence-corrected chi connectivity index (χ0v) is 13.6. The molecule has 1 unspecified atom stereocenters. The number of nitrogens with zero attached hydrogens (tertiary/aromatic N) is 2. The van der Waals surface area contributed by atoms with Crippen LogP contribution in [-0.4, -0.2) is 47.2 Å². The molecule has 1 N–H and O–H groups in total. The van der Waals surface area contributed by atoms with Crippen molar-refractivity contribution in [3.05, 3.63) is 48.2 Å². The largest absolute Gasteiger partial charge is 0.496 e. The van der Waals surface area contributed by atoms with Crippen LogP contribution < -0.4 is 4.74 Å². The Morgan fingerprint density at radius 1 is 1.33 bits per heavy atom. The van der Waals surface area contributed by atoms with Gasteiger partial charge in [-0.25, -0.2) is 0 Å². The van der Waals surface area contributed by atoms with Gasteiger partial charge in [0.2, 0.25) is 0 Å². The van der Waals surface area contributed by atoms with Crippen molar-refractivity contribution < 1.29 is 14.6 Å². The van der Waals surface area contributed by atoms with Crippen LogP contribution in [0.2, 0.25) is 0 Å². The van der Waals surface area contributed by atoms with Crippen molar-refractivity contribution in [3.8, 4) is 17.0 Å². The van der Waals surface area contributed by atoms with Crippen LogP contribution in [0.3, 0.4) is 0 Å². The molecule has 1 saturated carbocycles. The van der Waals surface area contributed by atoms with Gasteiger partial charge in [-0.3, -0.25) is 9.78 Å². The molecule has 1 aromatic heterocycles. The predicted molar refractivity (Wildman–Crippen MR) is 89.8 cm³/mol. The first-order valence-electron chi connectivity index (χ1n) is 8.20. The topological polar surface area (TPSA) is 62.7 Å². The van der Waals surface area contributed by atoms with Crippen molar-refractivity contribution in [3.63, 3.8) is 0 Å². The van der Waals surface area contributed by atoms with Gasteiger partial charge >= 0.3 is 0 Å². The molecule has 5 heteroatoms. The fraction of sp³-hybridized carbons (Fsp3) is 0.368. The molecule has 1 atom stereocenters. The summed E-state index contributed by atoms with van der Waals surface area (Å²) in [6.45, 7) is 1.07. The van der Waals surface area contributed by atoms with Gasteiger partial charge in [0.05, 0.1) is 18.9 Å². The lowest BCUT2D eigenvalue weighted by atomic mass is 10.0. The van der Waals surface area contributed by atoms with Crippen LogP contribution in [-0.2, 0) is 0 Å². The average Bonchev–Trinajstić information content (AvgIpc) is 3.34. The van der Waals surface area contributed by atoms with Crippen LogP contribution in [0.25, 0.3) is 11.3 Å². The van der Waals surface area contributed by atoms with E-state index in [0.717, 1.165) is 24.1 Å². The summed E-state index contributed by atoms with van der Waals surface area (Å²) in [5, 5.41) is 10.2. The number of hydrogen-bond donors (Lipinski definition) is 1. The fourth-order valence-electron chi connectivity index (χ4n) is 3.50. The number of aliphatic hydroxyl groups excluding tert-OH is 1. The predicted octanol–water partition coefficient (Wildman–Crippen LogP) is 2.35. The van der Waals surface area contributed by atoms with Crippen molar-refractivity contribution in [2.24, 2.45) is 5.41 Å². The molecule has 2 fully saturated rings. The third-order valence-electron chi connectivity index (χ3n) is 5.17. The van der Waals surface area contributed by atoms with Crippen LogP contribution in [0.15, 0.2) is 42.6 Å². The number of pyridine rings is 1. The molecule has 1 spiro atoms. The highest BCUT2D eigenvalue weighted by molar-refractivity contribution is 5.96. The van der Waals surface area contributed by atoms with Gasteiger partial charge in [-0.2, -0.15) is 0 Å². The van der Waals surface area contributed by atoms with Crippen LogP contribution in [0.1, 0.15) is 23.2 Å². The van der Waals surface area contributed by atoms with E-state index in [0.29, 0.717) is 24.4 Å². The van der Waals surface area contributed by atoms with E-state index in [1.54, 1.807) is 30.3 Å². The number of β-amino-alcohol motifs (C(OH)–C–C–N with tert-alkyl or cyclic N) is 1. The highest BCUT2D eigenvalue weighted by atomic mass is 16.5. The maximum absolute atomic E-state index is 12.8. The molecule has 0 radical (unpaired) electrons. The van der Waals surface area contributed by atoms with E-state index >= 15 is 0 Å². The standard InChI is InChI=1S/C19H20N2O3/c1-24-16-6-5-13(10-14(16)15-4-2-3-9-20-15)18(23)21-11-17(22)19(12-21)7-8-19/h2-6,9-10,17,22H,7-8,11-12H2,1H3. The van der Waals surface area contributed by atoms with Gasteiger partial charge in [-0.05, 0) is 43.2 Å². The number of benzene rings is 1. The SMILES string of the molecule is COc1ccc(C(=O)N2CC(O)C3(CC3)C2)cc1-c1ccccn1. The second kappa shape index (κ2) is 5.60. The summed E-state index contributed by atoms with van der Waals surface area (Å²) < 4.78 is 5.42. The Labute approximate surface area is 140 Å². The fourth-order valence-corrected chi connectivity index (χ4v) is 3.50. The molecule has 2 aromatic rings. The number of carbonyl (C=O) groups is 1. The van der Waals surface area contributed by atoms with E-state index in [1.807, 2.05) is 24.3 Å². The van der Waals surface area contributed by atoms with Crippen molar-refractivity contribution >= 4 is 5.91 Å². The molecule has 124 valence electrons. The van der Waals surface area contributed by atoms with Gasteiger partial charge in [0, 0.05) is 35.8 Å². The van der Waals surface area contributed by atoms with E-state index in [9.17, 15) is 9.90 Å². The second-order valence-electron chi connectivity index (χ2n) is 6.69. The Morgan fingerprint density at radius 3 is 2.79 bits per heavy atom. The molecular formula is C19H20N2O3. The van der Waals surface area contributed by atoms with E-state index in [2.05, 4.69) is 4.98 Å². The molecule has 2 heterocycles. The first-order valence-corrected chi connectivity index (χ1v) is 8.20. The van der Waals surface area contributed by atoms with Gasteiger partial charge in [0.25, 0.3) is 5.91 Å². The molecule has 1 aromatic carbocycles. The van der Waals surface area contributed by atoms with Crippen LogP contribution in [0.5, 0.6) is 5.75 Å². The maximum atomic E-state index is 12.8. The molecule has 1 aliphatic heterocycles. The van der Waals surface area contributed by atoms with Gasteiger partial charge in [0.1, 0.15) is 5.75 Å². The van der Waals surface area contributed by atoms with Crippen LogP contribution in [0.4, 0.5) is 0 Å². The number of hydrogen-bond acceptors (Lipinski definition) is 4. The summed E-state index contributed by atoms with van der Waals surface area (Å²) in [5.74, 6) is 0.642. The highest BCUT2D eigenvalue weighted by Gasteiger charge is 2.55. The summed E-state index contributed by atoms with van der Waals surface area (Å²) in [4.78, 5) is 19.0. The molecule has 1 aliphatic carbocycles. The number of ether oxygens (including phenoxy) is 1. The van der Waals surface area contributed by atoms with Gasteiger partial charge in [-0.1, -0.05) is 6.07 Å². The summed E-state index contributed by atoms with van der Waals surface area (Å²) >= 11 is 0. The van der Waals surface area contributed by atoms with Gasteiger partial charge in [0.15, 0.2) is 0 Å². The third kappa shape index (κ3) is 2.45. The molecule has 1 saturated heterocycles. The second-order valence-corrected chi connectivity index (χ2v) is 6.69. The molecule has 0 bridgehead atoms. The number of likely N-dealkylation sites (tertiary alicyclic amines) is 1. The minimum Gasteiger partial charge on any atom is -0.496 e. The first kappa shape index (κ1) is 15.1. The molecular weight excluding hydrogens is 304 g/mol. The lowest BCUT2D eigenvalue weighted by molar-refractivity contribution is 0.0764. The van der Waals surface area contributed by atoms with E-state index < -0.39 is 6.10 Å². The zero-order chi connectivity index (χ0) is 16.7. The summed E-state index contributed by atoms with van der Waals surface area (Å²) in [6, 6.07) is 11.1. The Hall–Kier alpha value is -2.40. The van der Waals surface area contributed by atoms with Crippen molar-refractivity contribution in [2.45, 2.75) is 18.9 Å². The van der Waals surface area contributed by atoms with E-state index in [4.69, 9.17) is 4.74 Å². The van der Waals surface area contributed by atoms with E-state index in [1.165, 1.54) is 0 Å². The normalized spacial score (nSPS) is 21.1. The number of methoxy groups -OCH3 is 1. The smallest absolute Gasteiger partial charge is 0.253 e. The lowest BCUT2D eigenvalue weighted by Gasteiger charge is -2.17. The minimum absolute atomic E-state index is 0.0358. The van der Waals surface area contributed by atoms with Crippen molar-refractivity contribution in [1.29, 1.82) is 0 Å². The Kier molecular flexibility index (Phi) is 3.53. The number of amides is 1. The monoisotopic (exact) mass is 324 g/mol. The van der Waals surface area contributed by atoms with E-state index in [-0.39, 0.29) is 11.3 Å². The molecule has 24 heavy (non-hydrogen) atoms.